The van der Waals surface area contributed by atoms with Crippen molar-refractivity contribution in [3.8, 4) is 0 Å². The average molecular weight is 1130 g/mol. The molecule has 2 N–H and O–H groups in total. The van der Waals surface area contributed by atoms with E-state index in [1.165, 1.54) is 0 Å². The standard InChI is InChI=1S/C30H41N3O3SSi.C30H39N3O3SSi.2CH4/c2*1-8-36-29(34)28-25-19-20-26(22(2)3)31-37(35,27(25)21-33(28)7)32-38(30(4,5)6,23-15-11-9-12-16-23)24-17-13-10-14-18-24;;/h9-18,21-22,26H,8,19-20H2,1-7H3,(H,31,32,35);9-22,26H,8H2,1-7H3,(H,31,32,35);2*1H4/t2*26-,37?;;/m11../s1. The number of fused-ring (bicyclic) bond motifs is 2. The molecule has 0 aliphatic carbocycles. The Bertz CT molecular complexity index is 3100. The van der Waals surface area contributed by atoms with Crippen LogP contribution >= 0.6 is 0 Å². The highest BCUT2D eigenvalue weighted by Gasteiger charge is 2.53. The van der Waals surface area contributed by atoms with E-state index in [1.54, 1.807) is 36.2 Å². The van der Waals surface area contributed by atoms with E-state index in [0.29, 0.717) is 33.2 Å². The fourth-order valence-electron chi connectivity index (χ4n) is 10.8. The van der Waals surface area contributed by atoms with E-state index in [4.69, 9.17) is 17.5 Å². The SMILES string of the molecule is C.C.CCOC(=O)c1c2c(cn1C)S(=O)(=N[Si](c1ccccc1)(c1ccccc1)C(C)(C)C)N[C@@H](C(C)C)C=C2.CCOC(=O)c1c2c(cn1C)S(=O)(=N[Si](c1ccccc1)(c1ccccc1)C(C)(C)C)N[C@@H](C(C)C)CC2. The van der Waals surface area contributed by atoms with Crippen molar-refractivity contribution in [3.63, 3.8) is 0 Å². The number of nitrogens with one attached hydrogen (secondary N) is 2. The molecule has 78 heavy (non-hydrogen) atoms. The molecule has 0 amide bonds. The first-order chi connectivity index (χ1) is 35.9. The third-order valence-electron chi connectivity index (χ3n) is 14.7. The first kappa shape index (κ1) is 63.2. The van der Waals surface area contributed by atoms with Gasteiger partial charge in [0.15, 0.2) is 0 Å². The quantitative estimate of drug-likeness (QED) is 0.0922. The van der Waals surface area contributed by atoms with Gasteiger partial charge >= 0.3 is 11.9 Å². The van der Waals surface area contributed by atoms with Crippen LogP contribution in [0.5, 0.6) is 0 Å². The highest BCUT2D eigenvalue weighted by Crippen LogP contribution is 2.42. The second-order valence-corrected chi connectivity index (χ2v) is 35.7. The van der Waals surface area contributed by atoms with Crippen LogP contribution in [0.4, 0.5) is 0 Å². The average Bonchev–Trinajstić information content (AvgIpc) is 3.90. The minimum Gasteiger partial charge on any atom is -0.461 e. The molecular weight excluding hydrogens is 1050 g/mol. The summed E-state index contributed by atoms with van der Waals surface area (Å²) in [6.45, 7) is 25.8. The molecule has 2 aromatic heterocycles. The Balaban J connectivity index is 0.000000280. The normalized spacial score (nSPS) is 19.3. The minimum absolute atomic E-state index is 0. The zero-order valence-corrected chi connectivity index (χ0v) is 50.7. The van der Waals surface area contributed by atoms with Crippen LogP contribution in [0.15, 0.2) is 158 Å². The second-order valence-electron chi connectivity index (χ2n) is 22.6. The van der Waals surface area contributed by atoms with Gasteiger partial charge in [-0.2, -0.15) is 0 Å². The first-order valence-corrected chi connectivity index (χ1v) is 33.5. The lowest BCUT2D eigenvalue weighted by Gasteiger charge is -2.40. The van der Waals surface area contributed by atoms with Crippen molar-refractivity contribution in [2.45, 2.75) is 143 Å². The number of benzene rings is 4. The van der Waals surface area contributed by atoms with Crippen LogP contribution in [0, 0.1) is 11.8 Å². The van der Waals surface area contributed by atoms with Gasteiger partial charge in [-0.05, 0) is 69.3 Å². The maximum Gasteiger partial charge on any atom is 0.355 e. The van der Waals surface area contributed by atoms with Crippen molar-refractivity contribution >= 4 is 75.1 Å². The minimum atomic E-state index is -3.22. The molecule has 4 heterocycles. The monoisotopic (exact) mass is 1130 g/mol. The van der Waals surface area contributed by atoms with Gasteiger partial charge in [0.25, 0.3) is 16.5 Å². The molecule has 8 rings (SSSR count). The molecule has 16 heteroatoms. The Morgan fingerprint density at radius 2 is 0.974 bits per heavy atom. The van der Waals surface area contributed by atoms with Crippen LogP contribution in [-0.4, -0.2) is 71.3 Å². The van der Waals surface area contributed by atoms with Crippen LogP contribution in [-0.2, 0) is 49.8 Å². The molecule has 0 spiro atoms. The van der Waals surface area contributed by atoms with Crippen LogP contribution in [0.2, 0.25) is 10.1 Å². The van der Waals surface area contributed by atoms with E-state index < -0.39 is 42.3 Å². The van der Waals surface area contributed by atoms with Crippen molar-refractivity contribution in [3.05, 3.63) is 162 Å². The number of carbonyl (C=O) groups excluding carboxylic acids is 2. The number of aromatic nitrogens is 2. The summed E-state index contributed by atoms with van der Waals surface area (Å²) in [5, 5.41) is 3.76. The van der Waals surface area contributed by atoms with Gasteiger partial charge in [-0.1, -0.05) is 218 Å². The molecule has 0 saturated carbocycles. The fourth-order valence-corrected chi connectivity index (χ4v) is 29.2. The van der Waals surface area contributed by atoms with Crippen molar-refractivity contribution in [1.29, 1.82) is 0 Å². The Kier molecular flexibility index (Phi) is 20.4. The summed E-state index contributed by atoms with van der Waals surface area (Å²) < 4.78 is 63.4. The van der Waals surface area contributed by atoms with E-state index in [2.05, 4.69) is 127 Å². The van der Waals surface area contributed by atoms with Gasteiger partial charge in [-0.3, -0.25) is 0 Å². The number of rotatable bonds is 12. The van der Waals surface area contributed by atoms with E-state index in [9.17, 15) is 9.59 Å². The predicted octanol–water partition coefficient (Wildman–Crippen LogP) is 11.5. The third-order valence-corrected chi connectivity index (χ3v) is 31.1. The predicted molar refractivity (Wildman–Crippen MR) is 330 cm³/mol. The number of nitrogens with zero attached hydrogens (tertiary/aromatic N) is 4. The summed E-state index contributed by atoms with van der Waals surface area (Å²) in [4.78, 5) is 27.2. The number of aryl methyl sites for hydroxylation is 2. The lowest BCUT2D eigenvalue weighted by atomic mass is 9.97. The summed E-state index contributed by atoms with van der Waals surface area (Å²) >= 11 is 0. The molecule has 2 aliphatic heterocycles. The van der Waals surface area contributed by atoms with Gasteiger partial charge in [0.2, 0.25) is 0 Å². The zero-order valence-electron chi connectivity index (χ0n) is 47.0. The number of ether oxygens (including phenoxy) is 2. The van der Waals surface area contributed by atoms with E-state index in [1.807, 2.05) is 98.2 Å². The molecule has 422 valence electrons. The van der Waals surface area contributed by atoms with E-state index in [-0.39, 0.29) is 68.0 Å². The van der Waals surface area contributed by atoms with Gasteiger partial charge < -0.3 is 18.6 Å². The van der Waals surface area contributed by atoms with E-state index >= 15 is 8.42 Å². The number of carbonyl (C=O) groups is 2. The Morgan fingerprint density at radius 1 is 0.603 bits per heavy atom. The van der Waals surface area contributed by atoms with E-state index in [0.717, 1.165) is 32.7 Å². The summed E-state index contributed by atoms with van der Waals surface area (Å²) in [6.07, 6.45) is 8.92. The Labute approximate surface area is 470 Å². The zero-order chi connectivity index (χ0) is 55.4. The van der Waals surface area contributed by atoms with Gasteiger partial charge in [0.05, 0.1) is 23.0 Å². The molecule has 0 radical (unpaired) electrons. The molecule has 4 aromatic carbocycles. The molecule has 6 aromatic rings. The topological polar surface area (TPSA) is 145 Å². The number of hydrogen-bond acceptors (Lipinski definition) is 8. The van der Waals surface area contributed by atoms with Crippen molar-refractivity contribution < 1.29 is 27.5 Å². The number of hydrogen-bond donors (Lipinski definition) is 2. The molecule has 0 fully saturated rings. The molecule has 2 aliphatic rings. The summed E-state index contributed by atoms with van der Waals surface area (Å²) in [7, 11) is -8.90. The van der Waals surface area contributed by atoms with Crippen molar-refractivity contribution in [2.75, 3.05) is 13.2 Å². The Morgan fingerprint density at radius 3 is 1.35 bits per heavy atom. The highest BCUT2D eigenvalue weighted by molar-refractivity contribution is 7.93. The molecule has 12 nitrogen and oxygen atoms in total. The summed E-state index contributed by atoms with van der Waals surface area (Å²) in [5.74, 6) is -0.415. The van der Waals surface area contributed by atoms with Crippen molar-refractivity contribution in [1.82, 2.24) is 18.6 Å². The van der Waals surface area contributed by atoms with Crippen LogP contribution < -0.4 is 30.2 Å². The third kappa shape index (κ3) is 12.2. The van der Waals surface area contributed by atoms with Gasteiger partial charge in [0, 0.05) is 49.7 Å². The lowest BCUT2D eigenvalue weighted by Crippen LogP contribution is -2.64. The smallest absolute Gasteiger partial charge is 0.355 e. The summed E-state index contributed by atoms with van der Waals surface area (Å²) in [6, 6.07) is 41.0. The molecule has 0 saturated heterocycles. The summed E-state index contributed by atoms with van der Waals surface area (Å²) in [5.41, 5.74) is 2.25. The molecule has 2 unspecified atom stereocenters. The molecule has 0 bridgehead atoms. The second kappa shape index (κ2) is 25.2. The Hall–Kier alpha value is -5.63. The van der Waals surface area contributed by atoms with Crippen LogP contribution in [0.1, 0.15) is 136 Å². The van der Waals surface area contributed by atoms with Gasteiger partial charge in [0.1, 0.15) is 31.2 Å². The molecular formula is C62H88N6O6S2Si2. The number of esters is 2. The first-order valence-electron chi connectivity index (χ1n) is 26.6. The van der Waals surface area contributed by atoms with Gasteiger partial charge in [-0.25, -0.2) is 35.5 Å². The van der Waals surface area contributed by atoms with Crippen LogP contribution in [0.3, 0.4) is 0 Å². The fraction of sp³-hybridized carbons (Fsp3) is 0.419. The molecule has 4 atom stereocenters. The maximum atomic E-state index is 15.5. The maximum absolute atomic E-state index is 15.5. The van der Waals surface area contributed by atoms with Gasteiger partial charge in [-0.15, -0.1) is 0 Å². The van der Waals surface area contributed by atoms with Crippen molar-refractivity contribution in [2.24, 2.45) is 34.0 Å². The largest absolute Gasteiger partial charge is 0.461 e. The van der Waals surface area contributed by atoms with Crippen LogP contribution in [0.25, 0.3) is 6.08 Å². The lowest BCUT2D eigenvalue weighted by molar-refractivity contribution is 0.0504. The highest BCUT2D eigenvalue weighted by atomic mass is 32.2.